The molecule has 106 valence electrons. The quantitative estimate of drug-likeness (QED) is 0.852. The van der Waals surface area contributed by atoms with Crippen LogP contribution in [0.1, 0.15) is 38.7 Å². The Morgan fingerprint density at radius 1 is 1.32 bits per heavy atom. The number of pyridine rings is 1. The maximum atomic E-state index is 4.08. The van der Waals surface area contributed by atoms with E-state index >= 15 is 0 Å². The molecule has 0 aliphatic carbocycles. The summed E-state index contributed by atoms with van der Waals surface area (Å²) >= 11 is 0. The molecule has 1 fully saturated rings. The van der Waals surface area contributed by atoms with Crippen LogP contribution in [0.15, 0.2) is 24.5 Å². The summed E-state index contributed by atoms with van der Waals surface area (Å²) < 4.78 is 0. The first-order valence-electron chi connectivity index (χ1n) is 7.62. The Labute approximate surface area is 117 Å². The van der Waals surface area contributed by atoms with E-state index in [1.54, 1.807) is 0 Å². The molecule has 1 unspecified atom stereocenters. The fraction of sp³-hybridized carbons (Fsp3) is 0.688. The van der Waals surface area contributed by atoms with E-state index in [1.807, 2.05) is 12.4 Å². The molecule has 0 bridgehead atoms. The first-order valence-corrected chi connectivity index (χ1v) is 7.62. The summed E-state index contributed by atoms with van der Waals surface area (Å²) in [7, 11) is 0. The van der Waals surface area contributed by atoms with Gasteiger partial charge in [0.2, 0.25) is 0 Å². The fourth-order valence-corrected chi connectivity index (χ4v) is 2.75. The molecule has 2 rings (SSSR count). The molecule has 0 radical (unpaired) electrons. The van der Waals surface area contributed by atoms with Gasteiger partial charge in [-0.15, -0.1) is 0 Å². The molecule has 3 heteroatoms. The first kappa shape index (κ1) is 14.5. The van der Waals surface area contributed by atoms with Crippen molar-refractivity contribution in [3.05, 3.63) is 30.1 Å². The van der Waals surface area contributed by atoms with Gasteiger partial charge in [0.05, 0.1) is 0 Å². The molecule has 0 saturated carbocycles. The van der Waals surface area contributed by atoms with Gasteiger partial charge in [0, 0.05) is 37.6 Å². The zero-order valence-corrected chi connectivity index (χ0v) is 12.3. The predicted octanol–water partition coefficient (Wildman–Crippen LogP) is 2.48. The second-order valence-corrected chi connectivity index (χ2v) is 5.84. The van der Waals surface area contributed by atoms with Crippen LogP contribution in [0.25, 0.3) is 0 Å². The van der Waals surface area contributed by atoms with E-state index in [9.17, 15) is 0 Å². The number of nitrogens with one attached hydrogen (secondary N) is 1. The molecule has 1 aliphatic heterocycles. The van der Waals surface area contributed by atoms with E-state index in [2.05, 4.69) is 41.2 Å². The highest BCUT2D eigenvalue weighted by Gasteiger charge is 2.18. The average molecular weight is 261 g/mol. The van der Waals surface area contributed by atoms with Crippen LogP contribution < -0.4 is 5.32 Å². The maximum Gasteiger partial charge on any atom is 0.0270 e. The smallest absolute Gasteiger partial charge is 0.0270 e. The molecular weight excluding hydrogens is 234 g/mol. The van der Waals surface area contributed by atoms with Crippen LogP contribution in [-0.2, 0) is 6.42 Å². The average Bonchev–Trinajstić information content (AvgIpc) is 2.45. The number of rotatable bonds is 6. The zero-order chi connectivity index (χ0) is 13.5. The van der Waals surface area contributed by atoms with Gasteiger partial charge < -0.3 is 5.32 Å². The molecule has 1 aromatic heterocycles. The third-order valence-electron chi connectivity index (χ3n) is 4.03. The van der Waals surface area contributed by atoms with Gasteiger partial charge in [0.1, 0.15) is 0 Å². The topological polar surface area (TPSA) is 28.2 Å². The lowest BCUT2D eigenvalue weighted by atomic mass is 10.0. The van der Waals surface area contributed by atoms with Crippen LogP contribution >= 0.6 is 0 Å². The van der Waals surface area contributed by atoms with E-state index in [4.69, 9.17) is 0 Å². The van der Waals surface area contributed by atoms with Crippen molar-refractivity contribution in [3.8, 4) is 0 Å². The van der Waals surface area contributed by atoms with Crippen molar-refractivity contribution in [2.75, 3.05) is 19.6 Å². The van der Waals surface area contributed by atoms with E-state index in [1.165, 1.54) is 37.9 Å². The van der Waals surface area contributed by atoms with Gasteiger partial charge in [-0.05, 0) is 57.4 Å². The Morgan fingerprint density at radius 3 is 2.74 bits per heavy atom. The maximum absolute atomic E-state index is 4.08. The van der Waals surface area contributed by atoms with Crippen molar-refractivity contribution < 1.29 is 0 Å². The van der Waals surface area contributed by atoms with Crippen molar-refractivity contribution in [1.82, 2.24) is 15.2 Å². The number of piperidine rings is 1. The molecule has 1 atom stereocenters. The molecular formula is C16H27N3. The lowest BCUT2D eigenvalue weighted by Crippen LogP contribution is -2.46. The third-order valence-corrected chi connectivity index (χ3v) is 4.03. The van der Waals surface area contributed by atoms with Gasteiger partial charge in [-0.1, -0.05) is 6.42 Å². The van der Waals surface area contributed by atoms with Crippen molar-refractivity contribution >= 4 is 0 Å². The molecule has 0 spiro atoms. The Hall–Kier alpha value is -0.930. The summed E-state index contributed by atoms with van der Waals surface area (Å²) in [6.07, 6.45) is 8.95. The Balaban J connectivity index is 1.82. The lowest BCUT2D eigenvalue weighted by molar-refractivity contribution is 0.187. The third kappa shape index (κ3) is 4.92. The van der Waals surface area contributed by atoms with Crippen LogP contribution in [-0.4, -0.2) is 41.6 Å². The van der Waals surface area contributed by atoms with Crippen LogP contribution in [0.5, 0.6) is 0 Å². The highest BCUT2D eigenvalue weighted by Crippen LogP contribution is 2.11. The van der Waals surface area contributed by atoms with E-state index in [0.29, 0.717) is 12.1 Å². The fourth-order valence-electron chi connectivity index (χ4n) is 2.75. The lowest BCUT2D eigenvalue weighted by Gasteiger charge is -2.33. The van der Waals surface area contributed by atoms with Crippen molar-refractivity contribution in [3.63, 3.8) is 0 Å². The summed E-state index contributed by atoms with van der Waals surface area (Å²) in [5.41, 5.74) is 1.39. The van der Waals surface area contributed by atoms with Gasteiger partial charge in [-0.25, -0.2) is 0 Å². The Morgan fingerprint density at radius 2 is 2.11 bits per heavy atom. The zero-order valence-electron chi connectivity index (χ0n) is 12.3. The molecule has 0 amide bonds. The minimum atomic E-state index is 0.616. The van der Waals surface area contributed by atoms with Gasteiger partial charge in [0.25, 0.3) is 0 Å². The Bertz CT molecular complexity index is 344. The van der Waals surface area contributed by atoms with E-state index in [0.717, 1.165) is 13.0 Å². The van der Waals surface area contributed by atoms with E-state index in [-0.39, 0.29) is 0 Å². The highest BCUT2D eigenvalue weighted by atomic mass is 15.2. The van der Waals surface area contributed by atoms with Gasteiger partial charge in [0.15, 0.2) is 0 Å². The summed E-state index contributed by atoms with van der Waals surface area (Å²) in [5.74, 6) is 0. The van der Waals surface area contributed by atoms with Crippen LogP contribution in [0.4, 0.5) is 0 Å². The van der Waals surface area contributed by atoms with Crippen LogP contribution in [0.3, 0.4) is 0 Å². The molecule has 1 aromatic rings. The second kappa shape index (κ2) is 7.61. The molecule has 3 nitrogen and oxygen atoms in total. The Kier molecular flexibility index (Phi) is 5.80. The first-order chi connectivity index (χ1) is 9.25. The van der Waals surface area contributed by atoms with Crippen molar-refractivity contribution in [2.45, 2.75) is 51.6 Å². The molecule has 1 aliphatic rings. The normalized spacial score (nSPS) is 20.1. The largest absolute Gasteiger partial charge is 0.313 e. The second-order valence-electron chi connectivity index (χ2n) is 5.84. The number of aromatic nitrogens is 1. The monoisotopic (exact) mass is 261 g/mol. The molecule has 0 aromatic carbocycles. The molecule has 1 saturated heterocycles. The number of hydrogen-bond donors (Lipinski definition) is 1. The minimum Gasteiger partial charge on any atom is -0.313 e. The minimum absolute atomic E-state index is 0.616. The van der Waals surface area contributed by atoms with Gasteiger partial charge in [-0.2, -0.15) is 0 Å². The molecule has 2 heterocycles. The summed E-state index contributed by atoms with van der Waals surface area (Å²) in [4.78, 5) is 6.68. The summed E-state index contributed by atoms with van der Waals surface area (Å²) in [5, 5.41) is 3.65. The van der Waals surface area contributed by atoms with Crippen molar-refractivity contribution in [1.29, 1.82) is 0 Å². The van der Waals surface area contributed by atoms with Crippen LogP contribution in [0, 0.1) is 0 Å². The van der Waals surface area contributed by atoms with E-state index < -0.39 is 0 Å². The molecule has 1 N–H and O–H groups in total. The standard InChI is InChI=1S/C16H27N3/c1-14(2)19(13-16-5-3-4-9-18-16)12-8-15-6-10-17-11-7-15/h6-7,10-11,14,16,18H,3-5,8-9,12-13H2,1-2H3. The van der Waals surface area contributed by atoms with Gasteiger partial charge >= 0.3 is 0 Å². The van der Waals surface area contributed by atoms with Gasteiger partial charge in [-0.3, -0.25) is 9.88 Å². The highest BCUT2D eigenvalue weighted by molar-refractivity contribution is 5.10. The molecule has 19 heavy (non-hydrogen) atoms. The number of hydrogen-bond acceptors (Lipinski definition) is 3. The number of nitrogens with zero attached hydrogens (tertiary/aromatic N) is 2. The predicted molar refractivity (Wildman–Crippen MR) is 80.3 cm³/mol. The van der Waals surface area contributed by atoms with Crippen LogP contribution in [0.2, 0.25) is 0 Å². The SMILES string of the molecule is CC(C)N(CCc1ccncc1)CC1CCCCN1. The summed E-state index contributed by atoms with van der Waals surface area (Å²) in [6, 6.07) is 5.55. The van der Waals surface area contributed by atoms with Crippen molar-refractivity contribution in [2.24, 2.45) is 0 Å². The summed E-state index contributed by atoms with van der Waals surface area (Å²) in [6.45, 7) is 8.12.